The van der Waals surface area contributed by atoms with Crippen molar-refractivity contribution in [3.63, 3.8) is 0 Å². The summed E-state index contributed by atoms with van der Waals surface area (Å²) in [5, 5.41) is 10.4. The van der Waals surface area contributed by atoms with Crippen LogP contribution in [0, 0.1) is 5.92 Å². The molecule has 1 N–H and O–H groups in total. The lowest BCUT2D eigenvalue weighted by atomic mass is 9.98. The van der Waals surface area contributed by atoms with Gasteiger partial charge in [-0.1, -0.05) is 37.3 Å². The SMILES string of the molecule is CC1CCN(Cc2c(O)ccc3c2OC(=Cc2ccccc2)C3=O)CC1. The number of hydrogen-bond donors (Lipinski definition) is 1. The number of fused-ring (bicyclic) bond motifs is 1. The van der Waals surface area contributed by atoms with E-state index in [1.165, 1.54) is 0 Å². The summed E-state index contributed by atoms with van der Waals surface area (Å²) >= 11 is 0. The van der Waals surface area contributed by atoms with Crippen LogP contribution in [0.3, 0.4) is 0 Å². The first-order valence-electron chi connectivity index (χ1n) is 9.18. The van der Waals surface area contributed by atoms with Crippen molar-refractivity contribution >= 4 is 11.9 Å². The Bertz CT molecular complexity index is 849. The standard InChI is InChI=1S/C22H23NO3/c1-15-9-11-23(12-10-15)14-18-19(24)8-7-17-21(25)20(26-22(17)18)13-16-5-3-2-4-6-16/h2-8,13,15,24H,9-12,14H2,1H3. The molecule has 0 bridgehead atoms. The lowest BCUT2D eigenvalue weighted by Gasteiger charge is -2.30. The van der Waals surface area contributed by atoms with E-state index in [1.54, 1.807) is 18.2 Å². The highest BCUT2D eigenvalue weighted by Gasteiger charge is 2.32. The van der Waals surface area contributed by atoms with Crippen LogP contribution in [0.5, 0.6) is 11.5 Å². The summed E-state index contributed by atoms with van der Waals surface area (Å²) in [4.78, 5) is 15.0. The molecule has 2 aromatic carbocycles. The Morgan fingerprint density at radius 1 is 1.15 bits per heavy atom. The molecule has 0 atom stereocenters. The molecule has 4 rings (SSSR count). The normalized spacial score (nSPS) is 19.6. The number of carbonyl (C=O) groups excluding carboxylic acids is 1. The summed E-state index contributed by atoms with van der Waals surface area (Å²) in [6, 6.07) is 12.9. The zero-order chi connectivity index (χ0) is 18.1. The van der Waals surface area contributed by atoms with Crippen LogP contribution < -0.4 is 4.74 Å². The summed E-state index contributed by atoms with van der Waals surface area (Å²) in [6.45, 7) is 4.89. The first-order valence-corrected chi connectivity index (χ1v) is 9.18. The zero-order valence-corrected chi connectivity index (χ0v) is 14.9. The van der Waals surface area contributed by atoms with Gasteiger partial charge in [-0.2, -0.15) is 0 Å². The molecule has 0 unspecified atom stereocenters. The number of rotatable bonds is 3. The van der Waals surface area contributed by atoms with Crippen molar-refractivity contribution in [3.8, 4) is 11.5 Å². The second kappa shape index (κ2) is 6.96. The molecule has 26 heavy (non-hydrogen) atoms. The lowest BCUT2D eigenvalue weighted by Crippen LogP contribution is -2.32. The highest BCUT2D eigenvalue weighted by molar-refractivity contribution is 6.15. The number of ether oxygens (including phenoxy) is 1. The number of piperidine rings is 1. The number of likely N-dealkylation sites (tertiary alicyclic amines) is 1. The van der Waals surface area contributed by atoms with Crippen LogP contribution >= 0.6 is 0 Å². The van der Waals surface area contributed by atoms with Crippen molar-refractivity contribution in [1.82, 2.24) is 4.90 Å². The van der Waals surface area contributed by atoms with Crippen molar-refractivity contribution in [1.29, 1.82) is 0 Å². The molecule has 1 fully saturated rings. The number of nitrogens with zero attached hydrogens (tertiary/aromatic N) is 1. The molecule has 2 aliphatic rings. The average molecular weight is 349 g/mol. The van der Waals surface area contributed by atoms with E-state index in [4.69, 9.17) is 4.74 Å². The van der Waals surface area contributed by atoms with E-state index in [0.29, 0.717) is 29.2 Å². The van der Waals surface area contributed by atoms with E-state index < -0.39 is 0 Å². The molecule has 4 nitrogen and oxygen atoms in total. The second-order valence-electron chi connectivity index (χ2n) is 7.25. The van der Waals surface area contributed by atoms with E-state index in [0.717, 1.165) is 37.4 Å². The summed E-state index contributed by atoms with van der Waals surface area (Å²) in [7, 11) is 0. The van der Waals surface area contributed by atoms with Crippen LogP contribution in [-0.4, -0.2) is 28.9 Å². The van der Waals surface area contributed by atoms with E-state index in [-0.39, 0.29) is 11.5 Å². The minimum Gasteiger partial charge on any atom is -0.507 e. The van der Waals surface area contributed by atoms with Gasteiger partial charge in [0.25, 0.3) is 0 Å². The van der Waals surface area contributed by atoms with E-state index in [9.17, 15) is 9.90 Å². The predicted molar refractivity (Wildman–Crippen MR) is 101 cm³/mol. The summed E-state index contributed by atoms with van der Waals surface area (Å²) in [5.74, 6) is 1.63. The molecule has 4 heteroatoms. The van der Waals surface area contributed by atoms with E-state index in [2.05, 4.69) is 11.8 Å². The highest BCUT2D eigenvalue weighted by Crippen LogP contribution is 2.40. The number of aromatic hydroxyl groups is 1. The molecule has 2 aromatic rings. The molecule has 2 heterocycles. The molecule has 134 valence electrons. The maximum Gasteiger partial charge on any atom is 0.231 e. The molecular weight excluding hydrogens is 326 g/mol. The van der Waals surface area contributed by atoms with Gasteiger partial charge in [0, 0.05) is 6.54 Å². The number of allylic oxidation sites excluding steroid dienone is 1. The monoisotopic (exact) mass is 349 g/mol. The number of benzene rings is 2. The third-order valence-corrected chi connectivity index (χ3v) is 5.27. The van der Waals surface area contributed by atoms with Gasteiger partial charge in [-0.25, -0.2) is 0 Å². The maximum atomic E-state index is 12.7. The van der Waals surface area contributed by atoms with Gasteiger partial charge >= 0.3 is 0 Å². The summed E-state index contributed by atoms with van der Waals surface area (Å²) in [6.07, 6.45) is 4.08. The number of hydrogen-bond acceptors (Lipinski definition) is 4. The van der Waals surface area contributed by atoms with Crippen molar-refractivity contribution in [3.05, 3.63) is 64.9 Å². The third-order valence-electron chi connectivity index (χ3n) is 5.27. The Kier molecular flexibility index (Phi) is 4.51. The first kappa shape index (κ1) is 16.9. The van der Waals surface area contributed by atoms with Gasteiger partial charge in [0.05, 0.1) is 11.1 Å². The van der Waals surface area contributed by atoms with Crippen LogP contribution in [-0.2, 0) is 6.54 Å². The lowest BCUT2D eigenvalue weighted by molar-refractivity contribution is 0.101. The molecule has 1 saturated heterocycles. The zero-order valence-electron chi connectivity index (χ0n) is 14.9. The van der Waals surface area contributed by atoms with Crippen LogP contribution in [0.1, 0.15) is 41.3 Å². The molecule has 0 radical (unpaired) electrons. The molecule has 2 aliphatic heterocycles. The third kappa shape index (κ3) is 3.25. The largest absolute Gasteiger partial charge is 0.507 e. The Labute approximate surface area is 153 Å². The minimum absolute atomic E-state index is 0.127. The fourth-order valence-electron chi connectivity index (χ4n) is 3.59. The number of carbonyl (C=O) groups is 1. The topological polar surface area (TPSA) is 49.8 Å². The van der Waals surface area contributed by atoms with Crippen molar-refractivity contribution < 1.29 is 14.6 Å². The van der Waals surface area contributed by atoms with Gasteiger partial charge in [-0.05, 0) is 55.6 Å². The van der Waals surface area contributed by atoms with Crippen molar-refractivity contribution in [2.45, 2.75) is 26.3 Å². The smallest absolute Gasteiger partial charge is 0.231 e. The molecule has 0 aromatic heterocycles. The van der Waals surface area contributed by atoms with Gasteiger partial charge < -0.3 is 9.84 Å². The predicted octanol–water partition coefficient (Wildman–Crippen LogP) is 4.24. The van der Waals surface area contributed by atoms with Crippen LogP contribution in [0.2, 0.25) is 0 Å². The van der Waals surface area contributed by atoms with Crippen LogP contribution in [0.4, 0.5) is 0 Å². The number of Topliss-reactive ketones (excluding diaryl/α,β-unsaturated/α-hetero) is 1. The molecule has 0 aliphatic carbocycles. The number of phenolic OH excluding ortho intramolecular Hbond substituents is 1. The van der Waals surface area contributed by atoms with E-state index >= 15 is 0 Å². The van der Waals surface area contributed by atoms with Gasteiger partial charge in [-0.15, -0.1) is 0 Å². The fraction of sp³-hybridized carbons (Fsp3) is 0.318. The Morgan fingerprint density at radius 3 is 2.62 bits per heavy atom. The maximum absolute atomic E-state index is 12.7. The minimum atomic E-state index is -0.127. The fourth-order valence-corrected chi connectivity index (χ4v) is 3.59. The van der Waals surface area contributed by atoms with Crippen molar-refractivity contribution in [2.24, 2.45) is 5.92 Å². The van der Waals surface area contributed by atoms with Gasteiger partial charge in [-0.3, -0.25) is 9.69 Å². The number of ketones is 1. The Hall–Kier alpha value is -2.59. The quantitative estimate of drug-likeness (QED) is 0.842. The van der Waals surface area contributed by atoms with Gasteiger partial charge in [0.1, 0.15) is 11.5 Å². The number of phenols is 1. The van der Waals surface area contributed by atoms with Gasteiger partial charge in [0.15, 0.2) is 5.76 Å². The highest BCUT2D eigenvalue weighted by atomic mass is 16.5. The average Bonchev–Trinajstić information content (AvgIpc) is 2.96. The molecule has 0 saturated carbocycles. The Balaban J connectivity index is 1.62. The first-order chi connectivity index (χ1) is 12.6. The van der Waals surface area contributed by atoms with Gasteiger partial charge in [0.2, 0.25) is 5.78 Å². The second-order valence-corrected chi connectivity index (χ2v) is 7.25. The molecule has 0 spiro atoms. The Morgan fingerprint density at radius 2 is 1.88 bits per heavy atom. The van der Waals surface area contributed by atoms with Crippen LogP contribution in [0.15, 0.2) is 48.2 Å². The summed E-state index contributed by atoms with van der Waals surface area (Å²) < 4.78 is 5.92. The van der Waals surface area contributed by atoms with Crippen molar-refractivity contribution in [2.75, 3.05) is 13.1 Å². The molecular formula is C22H23NO3. The van der Waals surface area contributed by atoms with E-state index in [1.807, 2.05) is 30.3 Å². The van der Waals surface area contributed by atoms with Crippen LogP contribution in [0.25, 0.3) is 6.08 Å². The summed E-state index contributed by atoms with van der Waals surface area (Å²) in [5.41, 5.74) is 2.16. The molecule has 0 amide bonds.